The summed E-state index contributed by atoms with van der Waals surface area (Å²) in [6.07, 6.45) is 6.52. The molecule has 1 amide bonds. The van der Waals surface area contributed by atoms with Gasteiger partial charge in [-0.3, -0.25) is 4.79 Å². The third-order valence-electron chi connectivity index (χ3n) is 6.37. The monoisotopic (exact) mass is 512 g/mol. The van der Waals surface area contributed by atoms with Gasteiger partial charge in [0.25, 0.3) is 5.91 Å². The Morgan fingerprint density at radius 1 is 1.43 bits per heavy atom. The summed E-state index contributed by atoms with van der Waals surface area (Å²) >= 11 is 6.55. The van der Waals surface area contributed by atoms with Crippen LogP contribution in [0.15, 0.2) is 57.1 Å². The predicted molar refractivity (Wildman–Crippen MR) is 130 cm³/mol. The highest BCUT2D eigenvalue weighted by Gasteiger charge is 2.39. The number of carbonyl (C=O) groups excluding carboxylic acids is 1. The fraction of sp³-hybridized carbons (Fsp3) is 0.318. The largest absolute Gasteiger partial charge is 0.381 e. The van der Waals surface area contributed by atoms with E-state index in [4.69, 9.17) is 17.3 Å². The van der Waals surface area contributed by atoms with E-state index in [1.165, 1.54) is 4.52 Å². The molecule has 1 fully saturated rings. The molecule has 2 aromatic heterocycles. The number of hydrogen-bond donors (Lipinski definition) is 2. The Morgan fingerprint density at radius 2 is 2.23 bits per heavy atom. The predicted octanol–water partition coefficient (Wildman–Crippen LogP) is 1.03. The molecule has 0 bridgehead atoms. The highest BCUT2D eigenvalue weighted by atomic mass is 35.5. The van der Waals surface area contributed by atoms with Crippen LogP contribution < -0.4 is 11.1 Å². The number of nitrogens with zero attached hydrogens (tertiary/aromatic N) is 6. The van der Waals surface area contributed by atoms with Crippen LogP contribution in [0, 0.1) is 17.2 Å². The van der Waals surface area contributed by atoms with Gasteiger partial charge in [-0.1, -0.05) is 11.6 Å². The topological polar surface area (TPSA) is 159 Å². The van der Waals surface area contributed by atoms with Crippen LogP contribution in [0.2, 0.25) is 0 Å². The number of allylic oxidation sites excluding steroid dienone is 3. The van der Waals surface area contributed by atoms with E-state index in [1.54, 1.807) is 37.7 Å². The van der Waals surface area contributed by atoms with Gasteiger partial charge < -0.3 is 16.0 Å². The van der Waals surface area contributed by atoms with Crippen molar-refractivity contribution in [3.63, 3.8) is 0 Å². The van der Waals surface area contributed by atoms with Gasteiger partial charge >= 0.3 is 0 Å². The summed E-state index contributed by atoms with van der Waals surface area (Å²) < 4.78 is 26.1. The first-order valence-corrected chi connectivity index (χ1v) is 12.9. The van der Waals surface area contributed by atoms with Crippen molar-refractivity contribution in [1.82, 2.24) is 24.8 Å². The van der Waals surface area contributed by atoms with Crippen LogP contribution >= 0.6 is 11.6 Å². The lowest BCUT2D eigenvalue weighted by Crippen LogP contribution is -2.47. The van der Waals surface area contributed by atoms with Gasteiger partial charge in [0.05, 0.1) is 16.9 Å². The molecule has 0 spiro atoms. The summed E-state index contributed by atoms with van der Waals surface area (Å²) in [5.74, 6) is -0.811. The summed E-state index contributed by atoms with van der Waals surface area (Å²) in [4.78, 5) is 23.5. The first kappa shape index (κ1) is 23.1. The molecule has 4 heterocycles. The Kier molecular flexibility index (Phi) is 5.61. The molecule has 2 aliphatic heterocycles. The van der Waals surface area contributed by atoms with E-state index in [9.17, 15) is 18.5 Å². The smallest absolute Gasteiger partial charge is 0.259 e. The van der Waals surface area contributed by atoms with Crippen LogP contribution in [-0.2, 0) is 9.84 Å². The molecule has 5 rings (SSSR count). The van der Waals surface area contributed by atoms with Crippen molar-refractivity contribution in [2.45, 2.75) is 12.2 Å². The van der Waals surface area contributed by atoms with E-state index < -0.39 is 26.9 Å². The van der Waals surface area contributed by atoms with Crippen molar-refractivity contribution >= 4 is 45.0 Å². The number of nitriles is 1. The molecular weight excluding hydrogens is 492 g/mol. The normalized spacial score (nSPS) is 23.3. The highest BCUT2D eigenvalue weighted by molar-refractivity contribution is 7.92. The van der Waals surface area contributed by atoms with E-state index in [0.29, 0.717) is 21.8 Å². The SMILES string of the molecule is CC1CN(C2=C(CNC(=O)c3c(N)nn4cccnc34)C=C(Cl)C3=C(C#N)N=CC32)CCS1(=O)=O. The van der Waals surface area contributed by atoms with Gasteiger partial charge in [0.2, 0.25) is 0 Å². The Labute approximate surface area is 206 Å². The first-order chi connectivity index (χ1) is 16.7. The standard InChI is InChI=1S/C22H21ClN8O3S/c1-12-11-30(5-6-35(12,33)34)19-13(7-15(23)17-14(19)10-27-16(17)8-24)9-28-22(32)18-20(25)29-31-4-2-3-26-21(18)31/h2-4,7,10,12,14H,5-6,9,11H2,1H3,(H2,25,29)(H,28,32). The van der Waals surface area contributed by atoms with Crippen LogP contribution in [0.5, 0.6) is 0 Å². The van der Waals surface area contributed by atoms with Gasteiger partial charge in [0.15, 0.2) is 21.3 Å². The molecule has 180 valence electrons. The molecule has 3 N–H and O–H groups in total. The maximum Gasteiger partial charge on any atom is 0.259 e. The minimum absolute atomic E-state index is 0.00731. The van der Waals surface area contributed by atoms with Crippen molar-refractivity contribution in [1.29, 1.82) is 5.26 Å². The third-order valence-corrected chi connectivity index (χ3v) is 8.81. The van der Waals surface area contributed by atoms with Crippen LogP contribution in [0.3, 0.4) is 0 Å². The van der Waals surface area contributed by atoms with Crippen molar-refractivity contribution in [3.05, 3.63) is 57.7 Å². The average molecular weight is 513 g/mol. The van der Waals surface area contributed by atoms with Crippen LogP contribution in [-0.4, -0.2) is 70.7 Å². The van der Waals surface area contributed by atoms with E-state index in [1.807, 2.05) is 4.90 Å². The molecule has 2 atom stereocenters. The second-order valence-electron chi connectivity index (χ2n) is 8.49. The number of carbonyl (C=O) groups is 1. The molecule has 2 aromatic rings. The molecule has 2 unspecified atom stereocenters. The van der Waals surface area contributed by atoms with Gasteiger partial charge in [-0.25, -0.2) is 22.9 Å². The number of nitrogens with two attached hydrogens (primary N) is 1. The number of anilines is 1. The van der Waals surface area contributed by atoms with Crippen LogP contribution in [0.1, 0.15) is 17.3 Å². The first-order valence-electron chi connectivity index (χ1n) is 10.8. The number of fused-ring (bicyclic) bond motifs is 2. The second kappa shape index (κ2) is 8.51. The van der Waals surface area contributed by atoms with E-state index in [0.717, 1.165) is 5.70 Å². The molecule has 0 aromatic carbocycles. The average Bonchev–Trinajstić information content (AvgIpc) is 3.40. The molecule has 35 heavy (non-hydrogen) atoms. The van der Waals surface area contributed by atoms with E-state index in [2.05, 4.69) is 26.5 Å². The lowest BCUT2D eigenvalue weighted by molar-refractivity contribution is 0.0959. The Balaban J connectivity index is 1.50. The minimum Gasteiger partial charge on any atom is -0.381 e. The number of halogens is 1. The van der Waals surface area contributed by atoms with E-state index >= 15 is 0 Å². The number of rotatable bonds is 4. The quantitative estimate of drug-likeness (QED) is 0.614. The summed E-state index contributed by atoms with van der Waals surface area (Å²) in [7, 11) is -3.18. The number of nitrogens with one attached hydrogen (secondary N) is 1. The third kappa shape index (κ3) is 3.86. The maximum atomic E-state index is 13.1. The molecule has 13 heteroatoms. The number of hydrogen-bond acceptors (Lipinski definition) is 9. The van der Waals surface area contributed by atoms with Crippen molar-refractivity contribution in [2.75, 3.05) is 31.1 Å². The molecular formula is C22H21ClN8O3S. The van der Waals surface area contributed by atoms with Crippen LogP contribution in [0.25, 0.3) is 5.65 Å². The number of aliphatic imine (C=N–C) groups is 1. The molecule has 3 aliphatic rings. The Morgan fingerprint density at radius 3 is 2.97 bits per heavy atom. The number of aromatic nitrogens is 3. The zero-order valence-corrected chi connectivity index (χ0v) is 20.2. The Bertz CT molecular complexity index is 1530. The minimum atomic E-state index is -3.18. The van der Waals surface area contributed by atoms with Gasteiger partial charge in [-0.05, 0) is 24.6 Å². The Hall–Kier alpha value is -3.69. The number of nitrogen functional groups attached to an aromatic ring is 1. The fourth-order valence-corrected chi connectivity index (χ4v) is 6.23. The van der Waals surface area contributed by atoms with Crippen molar-refractivity contribution in [3.8, 4) is 6.07 Å². The van der Waals surface area contributed by atoms with Crippen molar-refractivity contribution < 1.29 is 13.2 Å². The zero-order valence-electron chi connectivity index (χ0n) is 18.6. The maximum absolute atomic E-state index is 13.1. The summed E-state index contributed by atoms with van der Waals surface area (Å²) in [5, 5.41) is 16.3. The molecule has 1 saturated heterocycles. The van der Waals surface area contributed by atoms with Crippen LogP contribution in [0.4, 0.5) is 5.82 Å². The summed E-state index contributed by atoms with van der Waals surface area (Å²) in [5.41, 5.74) is 8.73. The second-order valence-corrected chi connectivity index (χ2v) is 11.4. The molecule has 0 radical (unpaired) electrons. The summed E-state index contributed by atoms with van der Waals surface area (Å²) in [6.45, 7) is 2.34. The van der Waals surface area contributed by atoms with E-state index in [-0.39, 0.29) is 42.5 Å². The lowest BCUT2D eigenvalue weighted by atomic mass is 9.87. The van der Waals surface area contributed by atoms with Gasteiger partial charge in [0.1, 0.15) is 17.3 Å². The highest BCUT2D eigenvalue weighted by Crippen LogP contribution is 2.42. The zero-order chi connectivity index (χ0) is 24.9. The fourth-order valence-electron chi connectivity index (χ4n) is 4.60. The molecule has 0 saturated carbocycles. The summed E-state index contributed by atoms with van der Waals surface area (Å²) in [6, 6.07) is 3.74. The molecule has 1 aliphatic carbocycles. The lowest BCUT2D eigenvalue weighted by Gasteiger charge is -2.39. The number of sulfone groups is 1. The van der Waals surface area contributed by atoms with Gasteiger partial charge in [-0.2, -0.15) is 5.26 Å². The molecule has 11 nitrogen and oxygen atoms in total. The van der Waals surface area contributed by atoms with Gasteiger partial charge in [-0.15, -0.1) is 5.10 Å². The number of amides is 1. The van der Waals surface area contributed by atoms with Gasteiger partial charge in [0, 0.05) is 54.5 Å². The van der Waals surface area contributed by atoms with Crippen molar-refractivity contribution in [2.24, 2.45) is 10.9 Å².